The number of nitrogens with zero attached hydrogens (tertiary/aromatic N) is 3. The number of thiazole rings is 1. The average molecular weight is 372 g/mol. The van der Waals surface area contributed by atoms with Crippen molar-refractivity contribution in [2.24, 2.45) is 0 Å². The molecule has 1 aliphatic heterocycles. The summed E-state index contributed by atoms with van der Waals surface area (Å²) in [6, 6.07) is 13.4. The number of piperazine rings is 1. The molecule has 0 atom stereocenters. The molecule has 4 nitrogen and oxygen atoms in total. The first-order valence-corrected chi connectivity index (χ1v) is 9.48. The van der Waals surface area contributed by atoms with E-state index in [1.54, 1.807) is 11.3 Å². The quantitative estimate of drug-likeness (QED) is 0.676. The molecule has 0 N–H and O–H groups in total. The molecule has 1 aromatic heterocycles. The highest BCUT2D eigenvalue weighted by Gasteiger charge is 2.24. The topological polar surface area (TPSA) is 36.4 Å². The van der Waals surface area contributed by atoms with Crippen LogP contribution >= 0.6 is 22.9 Å². The second-order valence-electron chi connectivity index (χ2n) is 6.18. The zero-order valence-corrected chi connectivity index (χ0v) is 15.5. The van der Waals surface area contributed by atoms with Gasteiger partial charge in [-0.05, 0) is 30.7 Å². The average Bonchev–Trinajstić information content (AvgIpc) is 3.12. The van der Waals surface area contributed by atoms with Crippen molar-refractivity contribution in [3.8, 4) is 0 Å². The van der Waals surface area contributed by atoms with Gasteiger partial charge in [0.05, 0.1) is 15.2 Å². The minimum atomic E-state index is 0.100. The SMILES string of the molecule is Cc1ccc(Cl)c2sc(N3CCN(C(=O)c4ccccc4)CC3)nc12. The second kappa shape index (κ2) is 6.65. The van der Waals surface area contributed by atoms with Crippen molar-refractivity contribution in [2.75, 3.05) is 31.1 Å². The van der Waals surface area contributed by atoms with Crippen LogP contribution in [0.5, 0.6) is 0 Å². The van der Waals surface area contributed by atoms with Gasteiger partial charge in [0, 0.05) is 31.7 Å². The molecule has 4 rings (SSSR count). The Hall–Kier alpha value is -2.11. The Balaban J connectivity index is 1.50. The molecule has 0 aliphatic carbocycles. The Bertz CT molecular complexity index is 878. The van der Waals surface area contributed by atoms with Gasteiger partial charge in [0.2, 0.25) is 0 Å². The number of halogens is 1. The summed E-state index contributed by atoms with van der Waals surface area (Å²) in [5, 5.41) is 1.74. The third kappa shape index (κ3) is 3.10. The normalized spacial score (nSPS) is 15.0. The molecule has 3 aromatic rings. The molecule has 1 saturated heterocycles. The van der Waals surface area contributed by atoms with Crippen molar-refractivity contribution in [1.82, 2.24) is 9.88 Å². The Morgan fingerprint density at radius 1 is 1.08 bits per heavy atom. The molecule has 1 fully saturated rings. The van der Waals surface area contributed by atoms with Crippen molar-refractivity contribution in [2.45, 2.75) is 6.92 Å². The number of aryl methyl sites for hydroxylation is 1. The van der Waals surface area contributed by atoms with Gasteiger partial charge >= 0.3 is 0 Å². The Labute approximate surface area is 155 Å². The van der Waals surface area contributed by atoms with Gasteiger partial charge < -0.3 is 9.80 Å². The number of carbonyl (C=O) groups excluding carboxylic acids is 1. The minimum absolute atomic E-state index is 0.100. The van der Waals surface area contributed by atoms with Crippen LogP contribution in [0.25, 0.3) is 10.2 Å². The predicted octanol–water partition coefficient (Wildman–Crippen LogP) is 4.22. The molecule has 128 valence electrons. The molecular formula is C19H18ClN3OS. The lowest BCUT2D eigenvalue weighted by Gasteiger charge is -2.34. The maximum Gasteiger partial charge on any atom is 0.253 e. The van der Waals surface area contributed by atoms with Crippen molar-refractivity contribution >= 4 is 44.2 Å². The highest BCUT2D eigenvalue weighted by atomic mass is 35.5. The van der Waals surface area contributed by atoms with Crippen molar-refractivity contribution in [1.29, 1.82) is 0 Å². The Kier molecular flexibility index (Phi) is 4.36. The number of amides is 1. The molecule has 0 bridgehead atoms. The van der Waals surface area contributed by atoms with E-state index in [-0.39, 0.29) is 5.91 Å². The lowest BCUT2D eigenvalue weighted by atomic mass is 10.2. The van der Waals surface area contributed by atoms with Crippen molar-refractivity contribution in [3.05, 3.63) is 58.6 Å². The third-order valence-corrected chi connectivity index (χ3v) is 6.12. The molecule has 0 spiro atoms. The lowest BCUT2D eigenvalue weighted by Crippen LogP contribution is -2.48. The van der Waals surface area contributed by atoms with Crippen LogP contribution in [-0.4, -0.2) is 42.0 Å². The summed E-state index contributed by atoms with van der Waals surface area (Å²) in [5.74, 6) is 0.100. The second-order valence-corrected chi connectivity index (χ2v) is 7.57. The molecule has 1 aliphatic rings. The standard InChI is InChI=1S/C19H18ClN3OS/c1-13-7-8-15(20)17-16(13)21-19(25-17)23-11-9-22(10-12-23)18(24)14-5-3-2-4-6-14/h2-8H,9-12H2,1H3. The number of hydrogen-bond acceptors (Lipinski definition) is 4. The van der Waals surface area contributed by atoms with Crippen LogP contribution in [0.15, 0.2) is 42.5 Å². The van der Waals surface area contributed by atoms with E-state index in [1.807, 2.05) is 47.4 Å². The van der Waals surface area contributed by atoms with E-state index in [1.165, 1.54) is 0 Å². The van der Waals surface area contributed by atoms with Gasteiger partial charge in [0.25, 0.3) is 5.91 Å². The monoisotopic (exact) mass is 371 g/mol. The van der Waals surface area contributed by atoms with E-state index in [0.29, 0.717) is 13.1 Å². The smallest absolute Gasteiger partial charge is 0.253 e. The fraction of sp³-hybridized carbons (Fsp3) is 0.263. The van der Waals surface area contributed by atoms with Crippen LogP contribution in [0, 0.1) is 6.92 Å². The first-order valence-electron chi connectivity index (χ1n) is 8.28. The molecular weight excluding hydrogens is 354 g/mol. The van der Waals surface area contributed by atoms with E-state index in [0.717, 1.165) is 44.6 Å². The van der Waals surface area contributed by atoms with Gasteiger partial charge in [-0.2, -0.15) is 0 Å². The fourth-order valence-electron chi connectivity index (χ4n) is 3.09. The van der Waals surface area contributed by atoms with Crippen LogP contribution in [0.1, 0.15) is 15.9 Å². The minimum Gasteiger partial charge on any atom is -0.345 e. The molecule has 1 amide bonds. The summed E-state index contributed by atoms with van der Waals surface area (Å²) in [6.07, 6.45) is 0. The lowest BCUT2D eigenvalue weighted by molar-refractivity contribution is 0.0747. The number of carbonyl (C=O) groups is 1. The van der Waals surface area contributed by atoms with Gasteiger partial charge in [0.15, 0.2) is 5.13 Å². The van der Waals surface area contributed by atoms with Gasteiger partial charge in [0.1, 0.15) is 0 Å². The first kappa shape index (κ1) is 16.4. The largest absolute Gasteiger partial charge is 0.345 e. The zero-order valence-electron chi connectivity index (χ0n) is 13.9. The summed E-state index contributed by atoms with van der Waals surface area (Å²) in [5.41, 5.74) is 2.87. The highest BCUT2D eigenvalue weighted by molar-refractivity contribution is 7.22. The number of hydrogen-bond donors (Lipinski definition) is 0. The maximum atomic E-state index is 12.6. The molecule has 0 radical (unpaired) electrons. The molecule has 25 heavy (non-hydrogen) atoms. The van der Waals surface area contributed by atoms with Crippen LogP contribution in [0.3, 0.4) is 0 Å². The number of aromatic nitrogens is 1. The summed E-state index contributed by atoms with van der Waals surface area (Å²) in [4.78, 5) is 21.5. The van der Waals surface area contributed by atoms with Gasteiger partial charge in [-0.25, -0.2) is 4.98 Å². The molecule has 2 heterocycles. The van der Waals surface area contributed by atoms with Gasteiger partial charge in [-0.3, -0.25) is 4.79 Å². The Morgan fingerprint density at radius 2 is 1.80 bits per heavy atom. The van der Waals surface area contributed by atoms with Gasteiger partial charge in [-0.15, -0.1) is 0 Å². The van der Waals surface area contributed by atoms with Crippen LogP contribution < -0.4 is 4.90 Å². The van der Waals surface area contributed by atoms with Crippen LogP contribution in [0.2, 0.25) is 5.02 Å². The Morgan fingerprint density at radius 3 is 2.48 bits per heavy atom. The van der Waals surface area contributed by atoms with Gasteiger partial charge in [-0.1, -0.05) is 47.2 Å². The van der Waals surface area contributed by atoms with E-state index in [2.05, 4.69) is 11.8 Å². The summed E-state index contributed by atoms with van der Waals surface area (Å²) < 4.78 is 1.04. The van der Waals surface area contributed by atoms with E-state index in [4.69, 9.17) is 16.6 Å². The highest BCUT2D eigenvalue weighted by Crippen LogP contribution is 2.35. The molecule has 2 aromatic carbocycles. The van der Waals surface area contributed by atoms with Crippen LogP contribution in [0.4, 0.5) is 5.13 Å². The first-order chi connectivity index (χ1) is 12.1. The summed E-state index contributed by atoms with van der Waals surface area (Å²) in [7, 11) is 0. The molecule has 0 unspecified atom stereocenters. The van der Waals surface area contributed by atoms with Crippen molar-refractivity contribution in [3.63, 3.8) is 0 Å². The predicted molar refractivity (Wildman–Crippen MR) is 104 cm³/mol. The number of rotatable bonds is 2. The summed E-state index contributed by atoms with van der Waals surface area (Å²) >= 11 is 7.94. The molecule has 6 heteroatoms. The van der Waals surface area contributed by atoms with Crippen LogP contribution in [-0.2, 0) is 0 Å². The number of fused-ring (bicyclic) bond motifs is 1. The summed E-state index contributed by atoms with van der Waals surface area (Å²) in [6.45, 7) is 5.04. The third-order valence-electron chi connectivity index (χ3n) is 4.54. The number of anilines is 1. The fourth-order valence-corrected chi connectivity index (χ4v) is 4.46. The van der Waals surface area contributed by atoms with E-state index >= 15 is 0 Å². The van der Waals surface area contributed by atoms with E-state index in [9.17, 15) is 4.79 Å². The number of benzene rings is 2. The van der Waals surface area contributed by atoms with Crippen molar-refractivity contribution < 1.29 is 4.79 Å². The maximum absolute atomic E-state index is 12.6. The van der Waals surface area contributed by atoms with E-state index < -0.39 is 0 Å². The zero-order chi connectivity index (χ0) is 17.4. The molecule has 0 saturated carbocycles.